The second-order valence-electron chi connectivity index (χ2n) is 4.32. The normalized spacial score (nSPS) is 9.86. The highest BCUT2D eigenvalue weighted by Gasteiger charge is 2.15. The van der Waals surface area contributed by atoms with Crippen LogP contribution in [0.25, 0.3) is 0 Å². The highest BCUT2D eigenvalue weighted by atomic mass is 16.5. The molecule has 0 fully saturated rings. The van der Waals surface area contributed by atoms with Gasteiger partial charge < -0.3 is 18.9 Å². The van der Waals surface area contributed by atoms with E-state index in [1.165, 1.54) is 0 Å². The fraction of sp³-hybridized carbons (Fsp3) is 0.438. The van der Waals surface area contributed by atoms with Crippen LogP contribution >= 0.6 is 0 Å². The van der Waals surface area contributed by atoms with Gasteiger partial charge >= 0.3 is 5.97 Å². The predicted octanol–water partition coefficient (Wildman–Crippen LogP) is 2.76. The lowest BCUT2D eigenvalue weighted by molar-refractivity contribution is -0.137. The summed E-state index contributed by atoms with van der Waals surface area (Å²) in [5.41, 5.74) is 1.03. The smallest absolute Gasteiger partial charge is 0.330 e. The number of methoxy groups -OCH3 is 3. The first-order valence-corrected chi connectivity index (χ1v) is 6.75. The Morgan fingerprint density at radius 2 is 1.81 bits per heavy atom. The van der Waals surface area contributed by atoms with Crippen molar-refractivity contribution < 1.29 is 23.7 Å². The van der Waals surface area contributed by atoms with E-state index in [0.29, 0.717) is 23.9 Å². The minimum atomic E-state index is -0.390. The van der Waals surface area contributed by atoms with E-state index >= 15 is 0 Å². The van der Waals surface area contributed by atoms with Crippen LogP contribution in [0.1, 0.15) is 18.4 Å². The SMILES string of the molecule is C=CC(=O)OCCCCc1ccc(OC)c(OC)c1OC. The first-order chi connectivity index (χ1) is 10.2. The molecule has 1 rings (SSSR count). The van der Waals surface area contributed by atoms with E-state index in [9.17, 15) is 4.79 Å². The molecule has 5 nitrogen and oxygen atoms in total. The Kier molecular flexibility index (Phi) is 7.15. The van der Waals surface area contributed by atoms with Crippen LogP contribution in [-0.2, 0) is 16.0 Å². The molecule has 5 heteroatoms. The molecule has 0 aliphatic heterocycles. The molecular formula is C16H22O5. The third kappa shape index (κ3) is 4.70. The Hall–Kier alpha value is -2.17. The molecule has 0 spiro atoms. The molecule has 0 radical (unpaired) electrons. The number of hydrogen-bond acceptors (Lipinski definition) is 5. The highest BCUT2D eigenvalue weighted by molar-refractivity contribution is 5.81. The van der Waals surface area contributed by atoms with Gasteiger partial charge in [-0.05, 0) is 30.9 Å². The van der Waals surface area contributed by atoms with E-state index in [1.54, 1.807) is 21.3 Å². The molecule has 0 aliphatic carbocycles. The van der Waals surface area contributed by atoms with Crippen LogP contribution in [0, 0.1) is 0 Å². The zero-order chi connectivity index (χ0) is 15.7. The third-order valence-electron chi connectivity index (χ3n) is 3.04. The quantitative estimate of drug-likeness (QED) is 0.398. The zero-order valence-electron chi connectivity index (χ0n) is 12.8. The molecule has 0 unspecified atom stereocenters. The summed E-state index contributed by atoms with van der Waals surface area (Å²) in [4.78, 5) is 10.9. The van der Waals surface area contributed by atoms with Crippen molar-refractivity contribution in [3.63, 3.8) is 0 Å². The van der Waals surface area contributed by atoms with Crippen LogP contribution in [-0.4, -0.2) is 33.9 Å². The van der Waals surface area contributed by atoms with E-state index in [2.05, 4.69) is 6.58 Å². The molecule has 1 aromatic rings. The second kappa shape index (κ2) is 8.89. The van der Waals surface area contributed by atoms with E-state index in [1.807, 2.05) is 12.1 Å². The van der Waals surface area contributed by atoms with Gasteiger partial charge in [-0.25, -0.2) is 4.79 Å². The fourth-order valence-electron chi connectivity index (χ4n) is 2.01. The molecule has 0 saturated carbocycles. The average Bonchev–Trinajstić information content (AvgIpc) is 2.53. The lowest BCUT2D eigenvalue weighted by Crippen LogP contribution is -2.03. The predicted molar refractivity (Wildman–Crippen MR) is 80.2 cm³/mol. The van der Waals surface area contributed by atoms with Gasteiger partial charge in [0.15, 0.2) is 11.5 Å². The number of carbonyl (C=O) groups excluding carboxylic acids is 1. The summed E-state index contributed by atoms with van der Waals surface area (Å²) in [6, 6.07) is 3.81. The number of carbonyl (C=O) groups is 1. The van der Waals surface area contributed by atoms with Crippen molar-refractivity contribution in [2.24, 2.45) is 0 Å². The maximum absolute atomic E-state index is 10.9. The van der Waals surface area contributed by atoms with Crippen molar-refractivity contribution in [3.05, 3.63) is 30.4 Å². The lowest BCUT2D eigenvalue weighted by Gasteiger charge is -2.15. The summed E-state index contributed by atoms with van der Waals surface area (Å²) in [6.07, 6.45) is 3.61. The van der Waals surface area contributed by atoms with Gasteiger partial charge in [0.2, 0.25) is 5.75 Å². The van der Waals surface area contributed by atoms with Crippen LogP contribution in [0.15, 0.2) is 24.8 Å². The van der Waals surface area contributed by atoms with Crippen LogP contribution in [0.3, 0.4) is 0 Å². The Balaban J connectivity index is 2.62. The number of unbranched alkanes of at least 4 members (excludes halogenated alkanes) is 1. The molecule has 0 bridgehead atoms. The van der Waals surface area contributed by atoms with E-state index in [4.69, 9.17) is 18.9 Å². The Labute approximate surface area is 125 Å². The minimum absolute atomic E-state index is 0.389. The molecule has 0 amide bonds. The molecule has 0 aromatic heterocycles. The summed E-state index contributed by atoms with van der Waals surface area (Å²) in [7, 11) is 4.77. The standard InChI is InChI=1S/C16H22O5/c1-5-14(17)21-11-7-6-8-12-9-10-13(18-2)16(20-4)15(12)19-3/h5,9-10H,1,6-8,11H2,2-4H3. The van der Waals surface area contributed by atoms with Crippen LogP contribution in [0.5, 0.6) is 17.2 Å². The minimum Gasteiger partial charge on any atom is -0.493 e. The van der Waals surface area contributed by atoms with Crippen molar-refractivity contribution in [1.82, 2.24) is 0 Å². The molecule has 0 atom stereocenters. The number of ether oxygens (including phenoxy) is 4. The third-order valence-corrected chi connectivity index (χ3v) is 3.04. The van der Waals surface area contributed by atoms with E-state index in [0.717, 1.165) is 30.9 Å². The Morgan fingerprint density at radius 1 is 1.10 bits per heavy atom. The van der Waals surface area contributed by atoms with Gasteiger partial charge in [0.1, 0.15) is 0 Å². The highest BCUT2D eigenvalue weighted by Crippen LogP contribution is 2.40. The van der Waals surface area contributed by atoms with Gasteiger partial charge in [-0.3, -0.25) is 0 Å². The van der Waals surface area contributed by atoms with Crippen molar-refractivity contribution >= 4 is 5.97 Å². The first kappa shape index (κ1) is 16.9. The number of hydrogen-bond donors (Lipinski definition) is 0. The van der Waals surface area contributed by atoms with Gasteiger partial charge in [0, 0.05) is 6.08 Å². The lowest BCUT2D eigenvalue weighted by atomic mass is 10.1. The summed E-state index contributed by atoms with van der Waals surface area (Å²) in [6.45, 7) is 3.74. The van der Waals surface area contributed by atoms with Gasteiger partial charge in [-0.2, -0.15) is 0 Å². The van der Waals surface area contributed by atoms with Crippen LogP contribution in [0.4, 0.5) is 0 Å². The maximum Gasteiger partial charge on any atom is 0.330 e. The molecule has 0 aliphatic rings. The topological polar surface area (TPSA) is 54.0 Å². The summed E-state index contributed by atoms with van der Waals surface area (Å²) >= 11 is 0. The van der Waals surface area contributed by atoms with Gasteiger partial charge in [0.05, 0.1) is 27.9 Å². The first-order valence-electron chi connectivity index (χ1n) is 6.75. The van der Waals surface area contributed by atoms with Crippen molar-refractivity contribution in [3.8, 4) is 17.2 Å². The van der Waals surface area contributed by atoms with Gasteiger partial charge in [0.25, 0.3) is 0 Å². The van der Waals surface area contributed by atoms with E-state index < -0.39 is 5.97 Å². The monoisotopic (exact) mass is 294 g/mol. The molecule has 0 N–H and O–H groups in total. The summed E-state index contributed by atoms with van der Waals surface area (Å²) in [5, 5.41) is 0. The second-order valence-corrected chi connectivity index (χ2v) is 4.32. The number of rotatable bonds is 9. The summed E-state index contributed by atoms with van der Waals surface area (Å²) < 4.78 is 20.9. The largest absolute Gasteiger partial charge is 0.493 e. The summed E-state index contributed by atoms with van der Waals surface area (Å²) in [5.74, 6) is 1.52. The zero-order valence-corrected chi connectivity index (χ0v) is 12.8. The Bertz CT molecular complexity index is 482. The van der Waals surface area contributed by atoms with Crippen molar-refractivity contribution in [2.45, 2.75) is 19.3 Å². The number of benzene rings is 1. The molecular weight excluding hydrogens is 272 g/mol. The molecule has 0 heterocycles. The Morgan fingerprint density at radius 3 is 2.38 bits per heavy atom. The van der Waals surface area contributed by atoms with Gasteiger partial charge in [-0.1, -0.05) is 12.6 Å². The number of esters is 1. The van der Waals surface area contributed by atoms with Crippen molar-refractivity contribution in [2.75, 3.05) is 27.9 Å². The molecule has 0 saturated heterocycles. The molecule has 1 aromatic carbocycles. The van der Waals surface area contributed by atoms with Crippen LogP contribution < -0.4 is 14.2 Å². The molecule has 116 valence electrons. The fourth-order valence-corrected chi connectivity index (χ4v) is 2.01. The van der Waals surface area contributed by atoms with Gasteiger partial charge in [-0.15, -0.1) is 0 Å². The van der Waals surface area contributed by atoms with Crippen molar-refractivity contribution in [1.29, 1.82) is 0 Å². The maximum atomic E-state index is 10.9. The van der Waals surface area contributed by atoms with Crippen LogP contribution in [0.2, 0.25) is 0 Å². The molecule has 21 heavy (non-hydrogen) atoms. The number of aryl methyl sites for hydroxylation is 1. The van der Waals surface area contributed by atoms with E-state index in [-0.39, 0.29) is 0 Å². The average molecular weight is 294 g/mol.